The van der Waals surface area contributed by atoms with Gasteiger partial charge in [-0.25, -0.2) is 4.98 Å². The van der Waals surface area contributed by atoms with E-state index in [1.165, 1.54) is 6.20 Å². The smallest absolute Gasteiger partial charge is 0.345 e. The molecule has 0 unspecified atom stereocenters. The molecule has 0 aromatic carbocycles. The van der Waals surface area contributed by atoms with E-state index in [-0.39, 0.29) is 11.6 Å². The van der Waals surface area contributed by atoms with Crippen LogP contribution in [0.4, 0.5) is 10.1 Å². The average molecular weight is 243 g/mol. The summed E-state index contributed by atoms with van der Waals surface area (Å²) in [5, 5.41) is 20.3. The Morgan fingerprint density at radius 3 is 2.81 bits per heavy atom. The normalized spacial score (nSPS) is 17.7. The zero-order chi connectivity index (χ0) is 11.5. The highest BCUT2D eigenvalue weighted by molar-refractivity contribution is 7.18. The second-order valence-electron chi connectivity index (χ2n) is 3.85. The summed E-state index contributed by atoms with van der Waals surface area (Å²) in [6.45, 7) is 1.86. The van der Waals surface area contributed by atoms with Crippen molar-refractivity contribution in [1.29, 1.82) is 0 Å². The van der Waals surface area contributed by atoms with Crippen LogP contribution in [0.3, 0.4) is 0 Å². The molecule has 16 heavy (non-hydrogen) atoms. The molecular formula is C9H13N3O3S. The standard InChI is InChI=1S/C9H13N3O3S/c13-6-7-1-3-11(4-2-7)9-10-5-8(16-9)12(14)15/h5,7,13H,1-4,6H2. The Hall–Kier alpha value is -1.21. The van der Waals surface area contributed by atoms with Crippen LogP contribution in [-0.4, -0.2) is 34.7 Å². The third-order valence-electron chi connectivity index (χ3n) is 2.80. The molecule has 1 saturated heterocycles. The highest BCUT2D eigenvalue weighted by Gasteiger charge is 2.22. The molecule has 2 heterocycles. The van der Waals surface area contributed by atoms with Crippen LogP contribution in [0.5, 0.6) is 0 Å². The van der Waals surface area contributed by atoms with E-state index in [4.69, 9.17) is 5.11 Å². The molecule has 1 fully saturated rings. The number of nitrogens with zero attached hydrogens (tertiary/aromatic N) is 3. The van der Waals surface area contributed by atoms with Gasteiger partial charge >= 0.3 is 5.00 Å². The quantitative estimate of drug-likeness (QED) is 0.638. The molecule has 88 valence electrons. The van der Waals surface area contributed by atoms with Gasteiger partial charge in [-0.15, -0.1) is 0 Å². The van der Waals surface area contributed by atoms with Gasteiger partial charge in [0, 0.05) is 19.7 Å². The van der Waals surface area contributed by atoms with Gasteiger partial charge in [0.2, 0.25) is 0 Å². The largest absolute Gasteiger partial charge is 0.396 e. The van der Waals surface area contributed by atoms with Gasteiger partial charge in [-0.2, -0.15) is 0 Å². The minimum atomic E-state index is -0.415. The summed E-state index contributed by atoms with van der Waals surface area (Å²) in [7, 11) is 0. The van der Waals surface area contributed by atoms with Crippen LogP contribution in [0.2, 0.25) is 0 Å². The van der Waals surface area contributed by atoms with Crippen molar-refractivity contribution < 1.29 is 10.0 Å². The van der Waals surface area contributed by atoms with Crippen molar-refractivity contribution in [1.82, 2.24) is 4.98 Å². The molecule has 1 N–H and O–H groups in total. The minimum absolute atomic E-state index is 0.0827. The summed E-state index contributed by atoms with van der Waals surface area (Å²) >= 11 is 1.11. The molecule has 2 rings (SSSR count). The van der Waals surface area contributed by atoms with E-state index in [1.807, 2.05) is 4.90 Å². The van der Waals surface area contributed by atoms with Crippen molar-refractivity contribution in [2.45, 2.75) is 12.8 Å². The number of nitro groups is 1. The number of aliphatic hydroxyl groups is 1. The average Bonchev–Trinajstić information content (AvgIpc) is 2.78. The zero-order valence-corrected chi connectivity index (χ0v) is 9.52. The first kappa shape index (κ1) is 11.3. The Balaban J connectivity index is 2.00. The molecule has 0 amide bonds. The molecule has 0 bridgehead atoms. The van der Waals surface area contributed by atoms with E-state index < -0.39 is 4.92 Å². The van der Waals surface area contributed by atoms with Gasteiger partial charge in [-0.05, 0) is 30.1 Å². The molecule has 0 saturated carbocycles. The van der Waals surface area contributed by atoms with Gasteiger partial charge in [0.15, 0.2) is 5.13 Å². The van der Waals surface area contributed by atoms with E-state index in [0.717, 1.165) is 37.3 Å². The first-order valence-corrected chi connectivity index (χ1v) is 5.98. The minimum Gasteiger partial charge on any atom is -0.396 e. The lowest BCUT2D eigenvalue weighted by atomic mass is 9.98. The van der Waals surface area contributed by atoms with Gasteiger partial charge < -0.3 is 10.0 Å². The van der Waals surface area contributed by atoms with Crippen LogP contribution in [0.15, 0.2) is 6.20 Å². The first-order valence-electron chi connectivity index (χ1n) is 5.16. The van der Waals surface area contributed by atoms with Crippen molar-refractivity contribution in [3.05, 3.63) is 16.3 Å². The molecule has 0 radical (unpaired) electrons. The van der Waals surface area contributed by atoms with Crippen LogP contribution in [0.25, 0.3) is 0 Å². The fraction of sp³-hybridized carbons (Fsp3) is 0.667. The highest BCUT2D eigenvalue weighted by Crippen LogP contribution is 2.30. The third kappa shape index (κ3) is 2.30. The number of hydrogen-bond acceptors (Lipinski definition) is 6. The molecule has 1 aromatic heterocycles. The number of rotatable bonds is 3. The van der Waals surface area contributed by atoms with Crippen molar-refractivity contribution in [2.24, 2.45) is 5.92 Å². The summed E-state index contributed by atoms with van der Waals surface area (Å²) in [4.78, 5) is 16.2. The maximum absolute atomic E-state index is 10.5. The van der Waals surface area contributed by atoms with Crippen molar-refractivity contribution >= 4 is 21.5 Å². The summed E-state index contributed by atoms with van der Waals surface area (Å²) in [6.07, 6.45) is 3.14. The Bertz CT molecular complexity index is 374. The molecule has 0 atom stereocenters. The molecule has 1 aromatic rings. The Labute approximate surface area is 96.7 Å². The second kappa shape index (κ2) is 4.75. The summed E-state index contributed by atoms with van der Waals surface area (Å²) < 4.78 is 0. The van der Waals surface area contributed by atoms with Crippen molar-refractivity contribution in [2.75, 3.05) is 24.6 Å². The van der Waals surface area contributed by atoms with Gasteiger partial charge in [0.25, 0.3) is 0 Å². The topological polar surface area (TPSA) is 79.5 Å². The molecular weight excluding hydrogens is 230 g/mol. The maximum atomic E-state index is 10.5. The summed E-state index contributed by atoms with van der Waals surface area (Å²) in [6, 6.07) is 0. The number of anilines is 1. The lowest BCUT2D eigenvalue weighted by Gasteiger charge is -2.30. The molecule has 6 nitrogen and oxygen atoms in total. The number of thiazole rings is 1. The molecule has 7 heteroatoms. The lowest BCUT2D eigenvalue weighted by molar-refractivity contribution is -0.380. The van der Waals surface area contributed by atoms with E-state index >= 15 is 0 Å². The lowest BCUT2D eigenvalue weighted by Crippen LogP contribution is -2.34. The third-order valence-corrected chi connectivity index (χ3v) is 3.81. The number of hydrogen-bond donors (Lipinski definition) is 1. The van der Waals surface area contributed by atoms with Gasteiger partial charge in [0.1, 0.15) is 6.20 Å². The predicted molar refractivity (Wildman–Crippen MR) is 60.8 cm³/mol. The van der Waals surface area contributed by atoms with Crippen LogP contribution in [0.1, 0.15) is 12.8 Å². The number of aromatic nitrogens is 1. The van der Waals surface area contributed by atoms with Crippen LogP contribution < -0.4 is 4.90 Å². The fourth-order valence-corrected chi connectivity index (χ4v) is 2.58. The van der Waals surface area contributed by atoms with Crippen molar-refractivity contribution in [3.8, 4) is 0 Å². The van der Waals surface area contributed by atoms with Crippen LogP contribution in [-0.2, 0) is 0 Å². The Morgan fingerprint density at radius 1 is 1.62 bits per heavy atom. The van der Waals surface area contributed by atoms with Gasteiger partial charge in [0.05, 0.1) is 4.92 Å². The zero-order valence-electron chi connectivity index (χ0n) is 8.70. The molecule has 0 spiro atoms. The van der Waals surface area contributed by atoms with Crippen LogP contribution >= 0.6 is 11.3 Å². The number of aliphatic hydroxyl groups excluding tert-OH is 1. The summed E-state index contributed by atoms with van der Waals surface area (Å²) in [5.41, 5.74) is 0. The highest BCUT2D eigenvalue weighted by atomic mass is 32.1. The van der Waals surface area contributed by atoms with Gasteiger partial charge in [-0.1, -0.05) is 0 Å². The van der Waals surface area contributed by atoms with Crippen molar-refractivity contribution in [3.63, 3.8) is 0 Å². The fourth-order valence-electron chi connectivity index (χ4n) is 1.79. The molecule has 1 aliphatic rings. The monoisotopic (exact) mass is 243 g/mol. The van der Waals surface area contributed by atoms with E-state index in [0.29, 0.717) is 11.0 Å². The summed E-state index contributed by atoms with van der Waals surface area (Å²) in [5.74, 6) is 0.367. The number of piperidine rings is 1. The van der Waals surface area contributed by atoms with Crippen LogP contribution in [0, 0.1) is 16.0 Å². The Kier molecular flexibility index (Phi) is 3.35. The van der Waals surface area contributed by atoms with Gasteiger partial charge in [-0.3, -0.25) is 10.1 Å². The molecule has 0 aliphatic carbocycles. The second-order valence-corrected chi connectivity index (χ2v) is 4.84. The van der Waals surface area contributed by atoms with E-state index in [1.54, 1.807) is 0 Å². The molecule has 1 aliphatic heterocycles. The van der Waals surface area contributed by atoms with E-state index in [9.17, 15) is 10.1 Å². The first-order chi connectivity index (χ1) is 7.70. The maximum Gasteiger partial charge on any atom is 0.345 e. The predicted octanol–water partition coefficient (Wildman–Crippen LogP) is 1.26. The SMILES string of the molecule is O=[N+]([O-])c1cnc(N2CCC(CO)CC2)s1. The van der Waals surface area contributed by atoms with E-state index in [2.05, 4.69) is 4.98 Å². The Morgan fingerprint density at radius 2 is 2.31 bits per heavy atom.